The Morgan fingerprint density at radius 3 is 2.19 bits per heavy atom. The van der Waals surface area contributed by atoms with Gasteiger partial charge in [0.1, 0.15) is 0 Å². The van der Waals surface area contributed by atoms with Crippen molar-refractivity contribution in [3.8, 4) is 0 Å². The summed E-state index contributed by atoms with van der Waals surface area (Å²) in [6.07, 6.45) is 6.45. The quantitative estimate of drug-likeness (QED) is 0.287. The summed E-state index contributed by atoms with van der Waals surface area (Å²) in [6, 6.07) is 22.1. The average molecular weight is 400 g/mol. The Morgan fingerprint density at radius 1 is 0.806 bits per heavy atom. The zero-order chi connectivity index (χ0) is 21.3. The van der Waals surface area contributed by atoms with E-state index in [1.807, 2.05) is 6.08 Å². The molecule has 0 radical (unpaired) electrons. The molecule has 4 aromatic carbocycles. The Morgan fingerprint density at radius 2 is 1.48 bits per heavy atom. The zero-order valence-electron chi connectivity index (χ0n) is 18.2. The van der Waals surface area contributed by atoms with Gasteiger partial charge in [0.05, 0.1) is 5.52 Å². The fraction of sp³-hybridized carbons (Fsp3) is 0.133. The number of hydrogen-bond donors (Lipinski definition) is 1. The highest BCUT2D eigenvalue weighted by molar-refractivity contribution is 6.33. The molecular weight excluding hydrogens is 374 g/mol. The number of aromatic nitrogens is 1. The van der Waals surface area contributed by atoms with Crippen LogP contribution in [-0.2, 0) is 5.41 Å². The van der Waals surface area contributed by atoms with Crippen molar-refractivity contribution in [1.29, 1.82) is 0 Å². The molecule has 0 fully saturated rings. The second-order valence-electron chi connectivity index (χ2n) is 9.03. The number of H-pyrrole nitrogens is 1. The summed E-state index contributed by atoms with van der Waals surface area (Å²) in [6.45, 7) is 11.0. The van der Waals surface area contributed by atoms with E-state index in [0.717, 1.165) is 0 Å². The number of rotatable bonds is 2. The van der Waals surface area contributed by atoms with E-state index in [1.165, 1.54) is 65.6 Å². The van der Waals surface area contributed by atoms with Crippen molar-refractivity contribution in [1.82, 2.24) is 4.98 Å². The van der Waals surface area contributed by atoms with Gasteiger partial charge < -0.3 is 4.98 Å². The van der Waals surface area contributed by atoms with Gasteiger partial charge in [-0.15, -0.1) is 0 Å². The van der Waals surface area contributed by atoms with Crippen LogP contribution >= 0.6 is 0 Å². The van der Waals surface area contributed by atoms with Gasteiger partial charge in [0.15, 0.2) is 0 Å². The Kier molecular flexibility index (Phi) is 3.65. The molecule has 150 valence electrons. The monoisotopic (exact) mass is 399 g/mol. The first-order valence-electron chi connectivity index (χ1n) is 11.0. The summed E-state index contributed by atoms with van der Waals surface area (Å²) in [5, 5.41) is 7.81. The molecule has 0 saturated heterocycles. The number of hydrogen-bond acceptors (Lipinski definition) is 0. The molecule has 1 aromatic heterocycles. The lowest BCUT2D eigenvalue weighted by Crippen LogP contribution is -2.16. The number of nitrogens with one attached hydrogen (secondary N) is 1. The minimum absolute atomic E-state index is 0.0595. The van der Waals surface area contributed by atoms with E-state index in [-0.39, 0.29) is 5.41 Å². The Labute approximate surface area is 182 Å². The fourth-order valence-corrected chi connectivity index (χ4v) is 5.73. The smallest absolute Gasteiger partial charge is 0.0551 e. The van der Waals surface area contributed by atoms with Crippen LogP contribution in [0.2, 0.25) is 0 Å². The van der Waals surface area contributed by atoms with Crippen molar-refractivity contribution < 1.29 is 0 Å². The molecule has 0 unspecified atom stereocenters. The Bertz CT molecular complexity index is 1620. The van der Waals surface area contributed by atoms with E-state index in [0.29, 0.717) is 0 Å². The van der Waals surface area contributed by atoms with E-state index in [4.69, 9.17) is 0 Å². The molecule has 0 bridgehead atoms. The van der Waals surface area contributed by atoms with Crippen molar-refractivity contribution >= 4 is 48.9 Å². The van der Waals surface area contributed by atoms with Gasteiger partial charge >= 0.3 is 0 Å². The third-order valence-corrected chi connectivity index (χ3v) is 7.09. The van der Waals surface area contributed by atoms with E-state index in [1.54, 1.807) is 0 Å². The number of aromatic amines is 1. The highest BCUT2D eigenvalue weighted by Crippen LogP contribution is 2.52. The van der Waals surface area contributed by atoms with Crippen LogP contribution in [0, 0.1) is 0 Å². The van der Waals surface area contributed by atoms with Crippen LogP contribution < -0.4 is 0 Å². The lowest BCUT2D eigenvalue weighted by molar-refractivity contribution is 0.655. The van der Waals surface area contributed by atoms with Gasteiger partial charge in [0, 0.05) is 27.1 Å². The van der Waals surface area contributed by atoms with Crippen molar-refractivity contribution in [2.75, 3.05) is 0 Å². The molecule has 1 aliphatic rings. The molecule has 0 aliphatic heterocycles. The predicted molar refractivity (Wildman–Crippen MR) is 136 cm³/mol. The van der Waals surface area contributed by atoms with Crippen LogP contribution in [-0.4, -0.2) is 4.98 Å². The highest BCUT2D eigenvalue weighted by Gasteiger charge is 2.37. The summed E-state index contributed by atoms with van der Waals surface area (Å²) in [5.41, 5.74) is 7.66. The fourth-order valence-electron chi connectivity index (χ4n) is 5.73. The molecule has 0 atom stereocenters. The van der Waals surface area contributed by atoms with Gasteiger partial charge in [-0.05, 0) is 51.4 Å². The summed E-state index contributed by atoms with van der Waals surface area (Å²) in [5.74, 6) is 0. The summed E-state index contributed by atoms with van der Waals surface area (Å²) < 4.78 is 0. The molecule has 0 amide bonds. The summed E-state index contributed by atoms with van der Waals surface area (Å²) >= 11 is 0. The molecule has 1 nitrogen and oxygen atoms in total. The zero-order valence-corrected chi connectivity index (χ0v) is 18.2. The second kappa shape index (κ2) is 6.21. The average Bonchev–Trinajstić information content (AvgIpc) is 3.28. The maximum atomic E-state index is 4.22. The normalized spacial score (nSPS) is 15.7. The number of allylic oxidation sites excluding steroid dienone is 5. The number of benzene rings is 4. The summed E-state index contributed by atoms with van der Waals surface area (Å²) in [4.78, 5) is 3.74. The highest BCUT2D eigenvalue weighted by atomic mass is 14.7. The van der Waals surface area contributed by atoms with E-state index in [2.05, 4.69) is 105 Å². The molecule has 0 saturated carbocycles. The van der Waals surface area contributed by atoms with Crippen molar-refractivity contribution in [2.45, 2.75) is 26.2 Å². The van der Waals surface area contributed by atoms with Gasteiger partial charge in [0.2, 0.25) is 0 Å². The molecule has 6 rings (SSSR count). The minimum Gasteiger partial charge on any atom is -0.354 e. The van der Waals surface area contributed by atoms with E-state index in [9.17, 15) is 0 Å². The van der Waals surface area contributed by atoms with Crippen LogP contribution in [0.25, 0.3) is 48.9 Å². The van der Waals surface area contributed by atoms with Crippen molar-refractivity contribution in [3.63, 3.8) is 0 Å². The molecule has 5 aromatic rings. The molecular formula is C30H25N. The van der Waals surface area contributed by atoms with Gasteiger partial charge in [-0.2, -0.15) is 0 Å². The van der Waals surface area contributed by atoms with Gasteiger partial charge in [-0.1, -0.05) is 93.3 Å². The molecule has 0 spiro atoms. The minimum atomic E-state index is -0.0595. The number of fused-ring (bicyclic) bond motifs is 10. The van der Waals surface area contributed by atoms with Crippen molar-refractivity contribution in [2.24, 2.45) is 0 Å². The molecule has 1 heteroatoms. The lowest BCUT2D eigenvalue weighted by atomic mass is 9.80. The van der Waals surface area contributed by atoms with Gasteiger partial charge in [-0.25, -0.2) is 0 Å². The topological polar surface area (TPSA) is 15.8 Å². The van der Waals surface area contributed by atoms with Gasteiger partial charge in [-0.3, -0.25) is 0 Å². The molecule has 1 N–H and O–H groups in total. The first kappa shape index (κ1) is 18.2. The largest absolute Gasteiger partial charge is 0.354 e. The predicted octanol–water partition coefficient (Wildman–Crippen LogP) is 8.43. The van der Waals surface area contributed by atoms with Crippen LogP contribution in [0.3, 0.4) is 0 Å². The van der Waals surface area contributed by atoms with Crippen molar-refractivity contribution in [3.05, 3.63) is 102 Å². The van der Waals surface area contributed by atoms with Gasteiger partial charge in [0.25, 0.3) is 0 Å². The maximum absolute atomic E-state index is 4.22. The second-order valence-corrected chi connectivity index (χ2v) is 9.03. The first-order chi connectivity index (χ1) is 15.1. The van der Waals surface area contributed by atoms with Crippen LogP contribution in [0.4, 0.5) is 0 Å². The molecule has 1 aliphatic carbocycles. The lowest BCUT2D eigenvalue weighted by Gasteiger charge is -2.23. The standard InChI is InChI=1S/C30H25N/c1-5-11-23-18(6-2)28-24(30(23,3)4)17-16-22-26(28)19-12-7-8-13-20(19)27-21-14-9-10-15-25(21)31-29(22)27/h5-17,31H,2H2,1,3-4H3/b11-5-. The number of para-hydroxylation sites is 1. The van der Waals surface area contributed by atoms with Crippen LogP contribution in [0.1, 0.15) is 31.9 Å². The molecule has 1 heterocycles. The Hall–Kier alpha value is -3.58. The Balaban J connectivity index is 1.93. The summed E-state index contributed by atoms with van der Waals surface area (Å²) in [7, 11) is 0. The third-order valence-electron chi connectivity index (χ3n) is 7.09. The third kappa shape index (κ3) is 2.21. The van der Waals surface area contributed by atoms with E-state index >= 15 is 0 Å². The SMILES string of the molecule is C=CC1=C(/C=C\C)C(C)(C)c2ccc3c4[nH]c5ccccc5c4c4ccccc4c3c21. The first-order valence-corrected chi connectivity index (χ1v) is 11.0. The van der Waals surface area contributed by atoms with Crippen LogP contribution in [0.5, 0.6) is 0 Å². The van der Waals surface area contributed by atoms with Crippen LogP contribution in [0.15, 0.2) is 91.0 Å². The maximum Gasteiger partial charge on any atom is 0.0551 e. The van der Waals surface area contributed by atoms with E-state index < -0.39 is 0 Å². The molecule has 31 heavy (non-hydrogen) atoms.